The fourth-order valence-electron chi connectivity index (χ4n) is 4.16. The molecule has 6 rings (SSSR count). The molecule has 1 aromatic rings. The van der Waals surface area contributed by atoms with Gasteiger partial charge in [0.1, 0.15) is 17.8 Å². The van der Waals surface area contributed by atoms with Crippen LogP contribution in [0, 0.1) is 0 Å². The normalized spacial score (nSPS) is 44.3. The smallest absolute Gasteiger partial charge is 0.273 e. The number of hydrogen-bond acceptors (Lipinski definition) is 6. The first-order valence-electron chi connectivity index (χ1n) is 8.07. The van der Waals surface area contributed by atoms with Crippen LogP contribution in [0.2, 0.25) is 0 Å². The lowest BCUT2D eigenvalue weighted by atomic mass is 9.72. The minimum atomic E-state index is -0.779. The van der Waals surface area contributed by atoms with Gasteiger partial charge in [-0.3, -0.25) is 4.79 Å². The highest BCUT2D eigenvalue weighted by Crippen LogP contribution is 2.50. The lowest BCUT2D eigenvalue weighted by molar-refractivity contribution is -0.461. The molecule has 4 saturated heterocycles. The van der Waals surface area contributed by atoms with Gasteiger partial charge in [0, 0.05) is 6.61 Å². The van der Waals surface area contributed by atoms with E-state index in [-0.39, 0.29) is 11.9 Å². The maximum atomic E-state index is 12.7. The topological polar surface area (TPSA) is 63.2 Å². The first-order valence-corrected chi connectivity index (χ1v) is 8.07. The van der Waals surface area contributed by atoms with E-state index >= 15 is 0 Å². The quantitative estimate of drug-likeness (QED) is 0.834. The third-order valence-electron chi connectivity index (χ3n) is 5.19. The van der Waals surface area contributed by atoms with Crippen LogP contribution in [0.1, 0.15) is 18.4 Å². The summed E-state index contributed by atoms with van der Waals surface area (Å²) >= 11 is 0. The van der Waals surface area contributed by atoms with Crippen LogP contribution in [0.5, 0.6) is 0 Å². The van der Waals surface area contributed by atoms with Crippen molar-refractivity contribution in [3.63, 3.8) is 0 Å². The Morgan fingerprint density at radius 1 is 1.17 bits per heavy atom. The second kappa shape index (κ2) is 5.09. The molecule has 4 bridgehead atoms. The molecule has 4 aliphatic heterocycles. The van der Waals surface area contributed by atoms with E-state index in [1.54, 1.807) is 0 Å². The summed E-state index contributed by atoms with van der Waals surface area (Å²) in [5.41, 5.74) is 0.335. The number of hydrogen-bond donors (Lipinski definition) is 0. The van der Waals surface area contributed by atoms with Gasteiger partial charge < -0.3 is 23.7 Å². The summed E-state index contributed by atoms with van der Waals surface area (Å²) in [5, 5.41) is 0. The second-order valence-electron chi connectivity index (χ2n) is 6.49. The number of carbonyl (C=O) groups is 1. The van der Waals surface area contributed by atoms with Crippen molar-refractivity contribution in [1.29, 1.82) is 0 Å². The monoisotopic (exact) mass is 318 g/mol. The Hall–Kier alpha value is -1.31. The molecular weight excluding hydrogens is 300 g/mol. The number of rotatable bonds is 3. The Morgan fingerprint density at radius 3 is 2.83 bits per heavy atom. The van der Waals surface area contributed by atoms with E-state index in [1.807, 2.05) is 30.3 Å². The molecule has 1 aromatic carbocycles. The third kappa shape index (κ3) is 1.96. The molecule has 1 saturated carbocycles. The zero-order valence-corrected chi connectivity index (χ0v) is 12.6. The van der Waals surface area contributed by atoms with Gasteiger partial charge in [-0.1, -0.05) is 30.3 Å². The van der Waals surface area contributed by atoms with Gasteiger partial charge in [0.25, 0.3) is 6.48 Å². The lowest BCUT2D eigenvalue weighted by Crippen LogP contribution is -2.79. The first-order chi connectivity index (χ1) is 11.3. The highest BCUT2D eigenvalue weighted by Gasteiger charge is 2.70. The van der Waals surface area contributed by atoms with Gasteiger partial charge in [-0.2, -0.15) is 0 Å². The van der Waals surface area contributed by atoms with E-state index < -0.39 is 30.4 Å². The molecular formula is C17H18O6. The second-order valence-corrected chi connectivity index (χ2v) is 6.49. The predicted octanol–water partition coefficient (Wildman–Crippen LogP) is 1.17. The van der Waals surface area contributed by atoms with Gasteiger partial charge in [0.2, 0.25) is 0 Å². The minimum absolute atomic E-state index is 0.0826. The molecule has 6 heteroatoms. The first kappa shape index (κ1) is 14.1. The molecule has 0 aromatic heterocycles. The van der Waals surface area contributed by atoms with Crippen LogP contribution in [0.25, 0.3) is 0 Å². The van der Waals surface area contributed by atoms with E-state index in [0.29, 0.717) is 13.2 Å². The van der Waals surface area contributed by atoms with Crippen molar-refractivity contribution in [1.82, 2.24) is 0 Å². The Kier molecular flexibility index (Phi) is 3.11. The number of Topliss-reactive ketones (excluding diaryl/α,β-unsaturated/α-hetero) is 1. The molecule has 6 nitrogen and oxygen atoms in total. The number of ether oxygens (including phenoxy) is 5. The van der Waals surface area contributed by atoms with Crippen molar-refractivity contribution in [2.75, 3.05) is 6.61 Å². The lowest BCUT2D eigenvalue weighted by Gasteiger charge is -2.59. The summed E-state index contributed by atoms with van der Waals surface area (Å²) in [6.07, 6.45) is -0.362. The van der Waals surface area contributed by atoms with Gasteiger partial charge in [-0.25, -0.2) is 0 Å². The Labute approximate surface area is 133 Å². The summed E-state index contributed by atoms with van der Waals surface area (Å²) < 4.78 is 29.1. The Balaban J connectivity index is 1.43. The molecule has 1 spiro atoms. The van der Waals surface area contributed by atoms with Crippen LogP contribution >= 0.6 is 0 Å². The average molecular weight is 318 g/mol. The fraction of sp³-hybridized carbons (Fsp3) is 0.588. The molecule has 5 fully saturated rings. The molecule has 0 N–H and O–H groups in total. The van der Waals surface area contributed by atoms with Crippen LogP contribution in [-0.4, -0.2) is 48.9 Å². The SMILES string of the molecule is O=C1[C@H]2O[C@@H]3O[C@H]([C@@H]2OCc2ccccc2)[C@@]2(CCCO2)[C@H]1O3. The van der Waals surface area contributed by atoms with Gasteiger partial charge in [-0.15, -0.1) is 0 Å². The molecule has 0 radical (unpaired) electrons. The molecule has 0 amide bonds. The van der Waals surface area contributed by atoms with Gasteiger partial charge in [-0.05, 0) is 18.4 Å². The van der Waals surface area contributed by atoms with Crippen LogP contribution < -0.4 is 0 Å². The Bertz CT molecular complexity index is 611. The maximum Gasteiger partial charge on any atom is 0.273 e. The average Bonchev–Trinajstić information content (AvgIpc) is 3.06. The molecule has 6 atom stereocenters. The molecule has 23 heavy (non-hydrogen) atoms. The number of carbonyl (C=O) groups excluding carboxylic acids is 1. The van der Waals surface area contributed by atoms with Crippen LogP contribution in [0.4, 0.5) is 0 Å². The number of ketones is 1. The van der Waals surface area contributed by atoms with Gasteiger partial charge >= 0.3 is 0 Å². The standard InChI is InChI=1S/C17H18O6/c18-11-12-13(19-9-10-5-2-1-3-6-10)15-17(7-4-8-20-17)14(11)22-16(21-12)23-15/h1-3,5-6,12-16H,4,7-9H2/t12-,13-,14+,15-,16+,17-/m1/s1. The molecule has 1 aliphatic carbocycles. The summed E-state index contributed by atoms with van der Waals surface area (Å²) in [6, 6.07) is 9.86. The minimum Gasteiger partial charge on any atom is -0.369 e. The largest absolute Gasteiger partial charge is 0.369 e. The summed E-state index contributed by atoms with van der Waals surface area (Å²) in [7, 11) is 0. The fourth-order valence-corrected chi connectivity index (χ4v) is 4.16. The number of benzene rings is 1. The third-order valence-corrected chi connectivity index (χ3v) is 5.19. The van der Waals surface area contributed by atoms with Crippen molar-refractivity contribution in [2.45, 2.75) is 55.9 Å². The highest BCUT2D eigenvalue weighted by atomic mass is 16.9. The molecule has 0 unspecified atom stereocenters. The van der Waals surface area contributed by atoms with E-state index in [9.17, 15) is 4.79 Å². The molecule has 4 heterocycles. The summed E-state index contributed by atoms with van der Waals surface area (Å²) in [4.78, 5) is 12.7. The zero-order valence-electron chi connectivity index (χ0n) is 12.6. The van der Waals surface area contributed by atoms with Crippen molar-refractivity contribution in [3.05, 3.63) is 35.9 Å². The molecule has 5 aliphatic rings. The summed E-state index contributed by atoms with van der Waals surface area (Å²) in [5.74, 6) is -0.0826. The zero-order chi connectivity index (χ0) is 15.4. The van der Waals surface area contributed by atoms with Crippen LogP contribution in [-0.2, 0) is 35.1 Å². The summed E-state index contributed by atoms with van der Waals surface area (Å²) in [6.45, 7) is 0.249. The van der Waals surface area contributed by atoms with Crippen molar-refractivity contribution in [2.24, 2.45) is 0 Å². The predicted molar refractivity (Wildman–Crippen MR) is 76.4 cm³/mol. The molecule has 122 valence electrons. The van der Waals surface area contributed by atoms with E-state index in [4.69, 9.17) is 23.7 Å². The van der Waals surface area contributed by atoms with Crippen LogP contribution in [0.15, 0.2) is 30.3 Å². The van der Waals surface area contributed by atoms with Crippen LogP contribution in [0.3, 0.4) is 0 Å². The van der Waals surface area contributed by atoms with Crippen molar-refractivity contribution < 1.29 is 28.5 Å². The van der Waals surface area contributed by atoms with Crippen molar-refractivity contribution >= 4 is 5.78 Å². The van der Waals surface area contributed by atoms with E-state index in [2.05, 4.69) is 0 Å². The Morgan fingerprint density at radius 2 is 2.04 bits per heavy atom. The maximum absolute atomic E-state index is 12.7. The highest BCUT2D eigenvalue weighted by molar-refractivity contribution is 5.91. The van der Waals surface area contributed by atoms with Crippen molar-refractivity contribution in [3.8, 4) is 0 Å². The van der Waals surface area contributed by atoms with E-state index in [0.717, 1.165) is 18.4 Å². The van der Waals surface area contributed by atoms with Gasteiger partial charge in [0.05, 0.1) is 6.61 Å². The van der Waals surface area contributed by atoms with Gasteiger partial charge in [0.15, 0.2) is 18.0 Å². The van der Waals surface area contributed by atoms with E-state index in [1.165, 1.54) is 0 Å².